The summed E-state index contributed by atoms with van der Waals surface area (Å²) in [6, 6.07) is 17.6. The normalized spacial score (nSPS) is 12.0. The van der Waals surface area contributed by atoms with E-state index in [1.165, 1.54) is 11.8 Å². The van der Waals surface area contributed by atoms with Crippen molar-refractivity contribution in [1.29, 1.82) is 0 Å². The molecule has 0 bridgehead atoms. The molecule has 0 aliphatic heterocycles. The van der Waals surface area contributed by atoms with Crippen LogP contribution in [0, 0.1) is 0 Å². The summed E-state index contributed by atoms with van der Waals surface area (Å²) in [5, 5.41) is 13.1. The zero-order valence-corrected chi connectivity index (χ0v) is 17.5. The molecule has 1 aromatic heterocycles. The van der Waals surface area contributed by atoms with Crippen LogP contribution in [0.2, 0.25) is 5.02 Å². The largest absolute Gasteiger partial charge is 0.353 e. The number of benzene rings is 2. The maximum absolute atomic E-state index is 12.3. The third-order valence-electron chi connectivity index (χ3n) is 4.21. The van der Waals surface area contributed by atoms with Crippen molar-refractivity contribution >= 4 is 29.3 Å². The number of nitrogens with zero attached hydrogens (tertiary/aromatic N) is 3. The molecular formula is C21H23ClN4OS. The Bertz CT molecular complexity index is 912. The molecule has 1 N–H and O–H groups in total. The van der Waals surface area contributed by atoms with Crippen LogP contribution in [0.3, 0.4) is 0 Å². The highest BCUT2D eigenvalue weighted by Crippen LogP contribution is 2.28. The highest BCUT2D eigenvalue weighted by Gasteiger charge is 2.17. The van der Waals surface area contributed by atoms with Crippen molar-refractivity contribution in [3.63, 3.8) is 0 Å². The fourth-order valence-corrected chi connectivity index (χ4v) is 3.80. The number of halogens is 1. The van der Waals surface area contributed by atoms with Gasteiger partial charge in [0.05, 0.1) is 5.75 Å². The van der Waals surface area contributed by atoms with Crippen molar-refractivity contribution in [2.75, 3.05) is 5.75 Å². The van der Waals surface area contributed by atoms with Gasteiger partial charge >= 0.3 is 0 Å². The lowest BCUT2D eigenvalue weighted by Crippen LogP contribution is -2.33. The molecule has 0 spiro atoms. The molecule has 1 amide bonds. The number of carbonyl (C=O) groups excluding carboxylic acids is 1. The molecule has 2 aromatic carbocycles. The zero-order chi connectivity index (χ0) is 19.9. The summed E-state index contributed by atoms with van der Waals surface area (Å²) in [4.78, 5) is 12.3. The summed E-state index contributed by atoms with van der Waals surface area (Å²) in [5.41, 5.74) is 1.85. The van der Waals surface area contributed by atoms with Gasteiger partial charge in [-0.15, -0.1) is 10.2 Å². The van der Waals surface area contributed by atoms with Gasteiger partial charge in [-0.2, -0.15) is 0 Å². The number of para-hydroxylation sites is 1. The van der Waals surface area contributed by atoms with Crippen LogP contribution in [0.25, 0.3) is 17.1 Å². The fraction of sp³-hybridized carbons (Fsp3) is 0.286. The second kappa shape index (κ2) is 9.75. The van der Waals surface area contributed by atoms with Crippen molar-refractivity contribution in [3.8, 4) is 17.1 Å². The lowest BCUT2D eigenvalue weighted by Gasteiger charge is -2.13. The van der Waals surface area contributed by atoms with Gasteiger partial charge in [0, 0.05) is 22.3 Å². The Labute approximate surface area is 174 Å². The summed E-state index contributed by atoms with van der Waals surface area (Å²) in [6.07, 6.45) is 2.01. The Morgan fingerprint density at radius 3 is 2.54 bits per heavy atom. The van der Waals surface area contributed by atoms with Crippen LogP contribution in [0.4, 0.5) is 0 Å². The Morgan fingerprint density at radius 1 is 1.14 bits per heavy atom. The van der Waals surface area contributed by atoms with E-state index in [0.717, 1.165) is 24.1 Å². The van der Waals surface area contributed by atoms with Crippen molar-refractivity contribution in [2.24, 2.45) is 0 Å². The molecule has 1 heterocycles. The van der Waals surface area contributed by atoms with Crippen LogP contribution in [-0.4, -0.2) is 32.5 Å². The number of amides is 1. The molecule has 5 nitrogen and oxygen atoms in total. The van der Waals surface area contributed by atoms with Crippen molar-refractivity contribution in [1.82, 2.24) is 20.1 Å². The van der Waals surface area contributed by atoms with E-state index < -0.39 is 0 Å². The molecule has 28 heavy (non-hydrogen) atoms. The lowest BCUT2D eigenvalue weighted by molar-refractivity contribution is -0.119. The minimum Gasteiger partial charge on any atom is -0.353 e. The third kappa shape index (κ3) is 5.14. The van der Waals surface area contributed by atoms with E-state index >= 15 is 0 Å². The van der Waals surface area contributed by atoms with Gasteiger partial charge < -0.3 is 5.32 Å². The van der Waals surface area contributed by atoms with Crippen LogP contribution in [0.15, 0.2) is 59.8 Å². The standard InChI is InChI=1S/C21H23ClN4OS/c1-3-7-15(2)23-19(27)14-28-21-25-24-20(16-10-12-17(22)13-11-16)26(21)18-8-5-4-6-9-18/h4-6,8-13,15H,3,7,14H2,1-2H3,(H,23,27)/t15-/m0/s1. The number of thioether (sulfide) groups is 1. The lowest BCUT2D eigenvalue weighted by atomic mass is 10.2. The Kier molecular flexibility index (Phi) is 7.12. The molecule has 0 unspecified atom stereocenters. The highest BCUT2D eigenvalue weighted by molar-refractivity contribution is 7.99. The highest BCUT2D eigenvalue weighted by atomic mass is 35.5. The molecule has 0 radical (unpaired) electrons. The number of aromatic nitrogens is 3. The molecule has 0 aliphatic carbocycles. The zero-order valence-electron chi connectivity index (χ0n) is 15.9. The summed E-state index contributed by atoms with van der Waals surface area (Å²) in [6.45, 7) is 4.13. The molecule has 146 valence electrons. The molecule has 1 atom stereocenters. The van der Waals surface area contributed by atoms with Crippen molar-refractivity contribution in [2.45, 2.75) is 37.9 Å². The van der Waals surface area contributed by atoms with Gasteiger partial charge in [0.15, 0.2) is 11.0 Å². The molecular weight excluding hydrogens is 392 g/mol. The number of carbonyl (C=O) groups is 1. The SMILES string of the molecule is CCC[C@H](C)NC(=O)CSc1nnc(-c2ccc(Cl)cc2)n1-c1ccccc1. The first kappa shape index (κ1) is 20.4. The third-order valence-corrected chi connectivity index (χ3v) is 5.39. The number of hydrogen-bond acceptors (Lipinski definition) is 4. The van der Waals surface area contributed by atoms with E-state index in [-0.39, 0.29) is 11.9 Å². The molecule has 0 saturated heterocycles. The first-order valence-electron chi connectivity index (χ1n) is 9.27. The Balaban J connectivity index is 1.85. The summed E-state index contributed by atoms with van der Waals surface area (Å²) in [7, 11) is 0. The van der Waals surface area contributed by atoms with Crippen molar-refractivity contribution < 1.29 is 4.79 Å². The van der Waals surface area contributed by atoms with E-state index in [9.17, 15) is 4.79 Å². The van der Waals surface area contributed by atoms with E-state index in [1.807, 2.05) is 66.1 Å². The summed E-state index contributed by atoms with van der Waals surface area (Å²) < 4.78 is 1.97. The quantitative estimate of drug-likeness (QED) is 0.528. The van der Waals surface area contributed by atoms with Gasteiger partial charge in [-0.3, -0.25) is 9.36 Å². The minimum atomic E-state index is 0.00149. The first-order chi connectivity index (χ1) is 13.6. The van der Waals surface area contributed by atoms with Crippen LogP contribution in [0.5, 0.6) is 0 Å². The first-order valence-corrected chi connectivity index (χ1v) is 10.6. The topological polar surface area (TPSA) is 59.8 Å². The van der Waals surface area contributed by atoms with Crippen molar-refractivity contribution in [3.05, 3.63) is 59.6 Å². The van der Waals surface area contributed by atoms with E-state index in [2.05, 4.69) is 22.4 Å². The van der Waals surface area contributed by atoms with Gasteiger partial charge in [0.25, 0.3) is 0 Å². The molecule has 3 aromatic rings. The van der Waals surface area contributed by atoms with E-state index in [1.54, 1.807) is 0 Å². The van der Waals surface area contributed by atoms with Gasteiger partial charge in [-0.25, -0.2) is 0 Å². The molecule has 0 saturated carbocycles. The number of rotatable bonds is 8. The predicted molar refractivity (Wildman–Crippen MR) is 115 cm³/mol. The second-order valence-electron chi connectivity index (χ2n) is 6.53. The average molecular weight is 415 g/mol. The van der Waals surface area contributed by atoms with Gasteiger partial charge in [-0.1, -0.05) is 54.9 Å². The fourth-order valence-electron chi connectivity index (χ4n) is 2.91. The Hall–Kier alpha value is -2.31. The van der Waals surface area contributed by atoms with Gasteiger partial charge in [-0.05, 0) is 49.7 Å². The predicted octanol–water partition coefficient (Wildman–Crippen LogP) is 4.98. The van der Waals surface area contributed by atoms with Gasteiger partial charge in [0.2, 0.25) is 5.91 Å². The van der Waals surface area contributed by atoms with E-state index in [0.29, 0.717) is 21.8 Å². The minimum absolute atomic E-state index is 0.00149. The van der Waals surface area contributed by atoms with Crippen LogP contribution in [-0.2, 0) is 4.79 Å². The van der Waals surface area contributed by atoms with Crippen LogP contribution < -0.4 is 5.32 Å². The summed E-state index contributed by atoms with van der Waals surface area (Å²) >= 11 is 7.40. The molecule has 0 aliphatic rings. The average Bonchev–Trinajstić information content (AvgIpc) is 3.12. The molecule has 0 fully saturated rings. The second-order valence-corrected chi connectivity index (χ2v) is 7.91. The monoisotopic (exact) mass is 414 g/mol. The van der Waals surface area contributed by atoms with Crippen LogP contribution in [0.1, 0.15) is 26.7 Å². The number of nitrogens with one attached hydrogen (secondary N) is 1. The van der Waals surface area contributed by atoms with Crippen LogP contribution >= 0.6 is 23.4 Å². The maximum Gasteiger partial charge on any atom is 0.230 e. The summed E-state index contributed by atoms with van der Waals surface area (Å²) in [5.74, 6) is 1.01. The van der Waals surface area contributed by atoms with E-state index in [4.69, 9.17) is 11.6 Å². The number of hydrogen-bond donors (Lipinski definition) is 1. The molecule has 3 rings (SSSR count). The maximum atomic E-state index is 12.3. The van der Waals surface area contributed by atoms with Gasteiger partial charge in [0.1, 0.15) is 0 Å². The molecule has 7 heteroatoms. The smallest absolute Gasteiger partial charge is 0.230 e. The Morgan fingerprint density at radius 2 is 1.86 bits per heavy atom.